The number of hydrogen-bond acceptors (Lipinski definition) is 3. The molecule has 1 N–H and O–H groups in total. The van der Waals surface area contributed by atoms with Crippen molar-refractivity contribution in [1.29, 1.82) is 0 Å². The minimum absolute atomic E-state index is 0.0697. The number of fused-ring (bicyclic) bond motifs is 3. The predicted molar refractivity (Wildman–Crippen MR) is 109 cm³/mol. The Hall–Kier alpha value is -2.24. The predicted octanol–water partition coefficient (Wildman–Crippen LogP) is 5.56. The molecule has 0 aliphatic heterocycles. The van der Waals surface area contributed by atoms with Crippen LogP contribution in [0.3, 0.4) is 0 Å². The fraction of sp³-hybridized carbons (Fsp3) is 0.200. The molecule has 2 aromatic heterocycles. The van der Waals surface area contributed by atoms with Gasteiger partial charge in [-0.1, -0.05) is 51.1 Å². The molecule has 2 heterocycles. The molecule has 0 saturated carbocycles. The van der Waals surface area contributed by atoms with Crippen LogP contribution in [0.1, 0.15) is 26.3 Å². The van der Waals surface area contributed by atoms with Crippen molar-refractivity contribution in [2.24, 2.45) is 0 Å². The van der Waals surface area contributed by atoms with Crippen molar-refractivity contribution in [3.8, 4) is 5.69 Å². The Morgan fingerprint density at radius 1 is 1.08 bits per heavy atom. The van der Waals surface area contributed by atoms with Gasteiger partial charge in [-0.05, 0) is 41.4 Å². The molecule has 0 bridgehead atoms. The number of hydrogen-bond donors (Lipinski definition) is 1. The number of nitrogens with one attached hydrogen (secondary N) is 1. The normalized spacial score (nSPS) is 12.1. The SMILES string of the molecule is CC(C)(C)c1ccc2c(c1)sc1[nH]c(=S)n(-c3ccccc3)c(=O)c12. The molecule has 5 heteroatoms. The van der Waals surface area contributed by atoms with Gasteiger partial charge in [0.05, 0.1) is 11.1 Å². The summed E-state index contributed by atoms with van der Waals surface area (Å²) in [6.45, 7) is 6.58. The van der Waals surface area contributed by atoms with E-state index in [0.717, 1.165) is 20.6 Å². The van der Waals surface area contributed by atoms with E-state index < -0.39 is 0 Å². The molecule has 4 aromatic rings. The van der Waals surface area contributed by atoms with Gasteiger partial charge in [0, 0.05) is 10.1 Å². The lowest BCUT2D eigenvalue weighted by Gasteiger charge is -2.18. The highest BCUT2D eigenvalue weighted by Crippen LogP contribution is 2.34. The van der Waals surface area contributed by atoms with Gasteiger partial charge in [-0.25, -0.2) is 0 Å². The lowest BCUT2D eigenvalue weighted by molar-refractivity contribution is 0.591. The van der Waals surface area contributed by atoms with Crippen LogP contribution in [-0.2, 0) is 5.41 Å². The molecular formula is C20H18N2OS2. The van der Waals surface area contributed by atoms with Gasteiger partial charge in [-0.3, -0.25) is 9.36 Å². The summed E-state index contributed by atoms with van der Waals surface area (Å²) in [7, 11) is 0. The van der Waals surface area contributed by atoms with Crippen LogP contribution >= 0.6 is 23.6 Å². The van der Waals surface area contributed by atoms with Gasteiger partial charge in [-0.2, -0.15) is 0 Å². The zero-order chi connectivity index (χ0) is 17.8. The van der Waals surface area contributed by atoms with Crippen LogP contribution in [0.5, 0.6) is 0 Å². The fourth-order valence-corrected chi connectivity index (χ4v) is 4.52. The molecule has 0 spiro atoms. The molecule has 0 fully saturated rings. The first kappa shape index (κ1) is 16.2. The lowest BCUT2D eigenvalue weighted by atomic mass is 9.87. The van der Waals surface area contributed by atoms with Crippen molar-refractivity contribution in [3.05, 3.63) is 69.2 Å². The Kier molecular flexibility index (Phi) is 3.67. The van der Waals surface area contributed by atoms with Gasteiger partial charge < -0.3 is 4.98 Å². The molecule has 126 valence electrons. The molecule has 0 radical (unpaired) electrons. The quantitative estimate of drug-likeness (QED) is 0.448. The van der Waals surface area contributed by atoms with Crippen molar-refractivity contribution >= 4 is 43.9 Å². The Bertz CT molecular complexity index is 1210. The lowest BCUT2D eigenvalue weighted by Crippen LogP contribution is -2.19. The molecule has 0 unspecified atom stereocenters. The van der Waals surface area contributed by atoms with Gasteiger partial charge >= 0.3 is 0 Å². The van der Waals surface area contributed by atoms with Crippen LogP contribution in [-0.4, -0.2) is 9.55 Å². The first-order valence-electron chi connectivity index (χ1n) is 8.14. The Balaban J connectivity index is 2.09. The third-order valence-corrected chi connectivity index (χ3v) is 5.76. The van der Waals surface area contributed by atoms with Crippen molar-refractivity contribution in [2.75, 3.05) is 0 Å². The van der Waals surface area contributed by atoms with E-state index in [1.54, 1.807) is 15.9 Å². The number of aromatic amines is 1. The maximum absolute atomic E-state index is 13.2. The van der Waals surface area contributed by atoms with Gasteiger partial charge in [0.25, 0.3) is 5.56 Å². The average molecular weight is 367 g/mol. The van der Waals surface area contributed by atoms with Crippen molar-refractivity contribution in [3.63, 3.8) is 0 Å². The number of rotatable bonds is 1. The van der Waals surface area contributed by atoms with Crippen LogP contribution in [0.15, 0.2) is 53.3 Å². The second kappa shape index (κ2) is 5.64. The summed E-state index contributed by atoms with van der Waals surface area (Å²) in [5, 5.41) is 1.69. The summed E-state index contributed by atoms with van der Waals surface area (Å²) in [4.78, 5) is 17.3. The van der Waals surface area contributed by atoms with E-state index in [0.29, 0.717) is 10.2 Å². The van der Waals surface area contributed by atoms with Gasteiger partial charge in [0.2, 0.25) is 0 Å². The molecule has 0 amide bonds. The highest BCUT2D eigenvalue weighted by Gasteiger charge is 2.18. The monoisotopic (exact) mass is 366 g/mol. The van der Waals surface area contributed by atoms with Crippen LogP contribution in [0.25, 0.3) is 26.0 Å². The molecule has 0 saturated heterocycles. The van der Waals surface area contributed by atoms with Crippen molar-refractivity contribution < 1.29 is 0 Å². The topological polar surface area (TPSA) is 37.8 Å². The number of aromatic nitrogens is 2. The summed E-state index contributed by atoms with van der Waals surface area (Å²) in [5.41, 5.74) is 2.04. The van der Waals surface area contributed by atoms with Crippen molar-refractivity contribution in [1.82, 2.24) is 9.55 Å². The van der Waals surface area contributed by atoms with Gasteiger partial charge in [0.1, 0.15) is 4.83 Å². The summed E-state index contributed by atoms with van der Waals surface area (Å²) in [6.07, 6.45) is 0. The number of thiophene rings is 1. The first-order valence-corrected chi connectivity index (χ1v) is 9.36. The Morgan fingerprint density at radius 2 is 1.80 bits per heavy atom. The number of para-hydroxylation sites is 1. The number of benzene rings is 2. The molecule has 0 atom stereocenters. The molecule has 4 rings (SSSR count). The molecular weight excluding hydrogens is 348 g/mol. The van der Waals surface area contributed by atoms with Crippen LogP contribution in [0.4, 0.5) is 0 Å². The Labute approximate surface area is 154 Å². The van der Waals surface area contributed by atoms with Gasteiger partial charge in [-0.15, -0.1) is 11.3 Å². The summed E-state index contributed by atoms with van der Waals surface area (Å²) >= 11 is 7.04. The largest absolute Gasteiger partial charge is 0.323 e. The summed E-state index contributed by atoms with van der Waals surface area (Å²) in [5.74, 6) is 0. The van der Waals surface area contributed by atoms with E-state index in [1.165, 1.54) is 5.56 Å². The van der Waals surface area contributed by atoms with E-state index in [4.69, 9.17) is 12.2 Å². The third kappa shape index (κ3) is 2.64. The number of H-pyrrole nitrogens is 1. The van der Waals surface area contributed by atoms with E-state index in [2.05, 4.69) is 44.0 Å². The number of nitrogens with zero attached hydrogens (tertiary/aromatic N) is 1. The average Bonchev–Trinajstić information content (AvgIpc) is 2.92. The van der Waals surface area contributed by atoms with E-state index >= 15 is 0 Å². The Morgan fingerprint density at radius 3 is 2.48 bits per heavy atom. The second-order valence-electron chi connectivity index (χ2n) is 7.17. The minimum atomic E-state index is -0.0697. The molecule has 25 heavy (non-hydrogen) atoms. The van der Waals surface area contributed by atoms with Crippen LogP contribution < -0.4 is 5.56 Å². The maximum atomic E-state index is 13.2. The fourth-order valence-electron chi connectivity index (χ4n) is 3.03. The van der Waals surface area contributed by atoms with Crippen LogP contribution in [0.2, 0.25) is 0 Å². The van der Waals surface area contributed by atoms with E-state index in [9.17, 15) is 4.79 Å². The molecule has 2 aromatic carbocycles. The highest BCUT2D eigenvalue weighted by molar-refractivity contribution is 7.71. The van der Waals surface area contributed by atoms with E-state index in [1.807, 2.05) is 30.3 Å². The van der Waals surface area contributed by atoms with E-state index in [-0.39, 0.29) is 11.0 Å². The highest BCUT2D eigenvalue weighted by atomic mass is 32.1. The van der Waals surface area contributed by atoms with Gasteiger partial charge in [0.15, 0.2) is 4.77 Å². The second-order valence-corrected chi connectivity index (χ2v) is 8.61. The summed E-state index contributed by atoms with van der Waals surface area (Å²) in [6, 6.07) is 15.9. The zero-order valence-electron chi connectivity index (χ0n) is 14.3. The molecule has 0 aliphatic carbocycles. The maximum Gasteiger partial charge on any atom is 0.268 e. The standard InChI is InChI=1S/C20H18N2OS2/c1-20(2,3)12-9-10-14-15(11-12)25-17-16(14)18(23)22(19(24)21-17)13-7-5-4-6-8-13/h4-11H,1-3H3,(H,21,24). The van der Waals surface area contributed by atoms with Crippen molar-refractivity contribution in [2.45, 2.75) is 26.2 Å². The zero-order valence-corrected chi connectivity index (χ0v) is 15.9. The molecule has 0 aliphatic rings. The molecule has 3 nitrogen and oxygen atoms in total. The smallest absolute Gasteiger partial charge is 0.268 e. The third-order valence-electron chi connectivity index (χ3n) is 4.41. The summed E-state index contributed by atoms with van der Waals surface area (Å²) < 4.78 is 3.10. The first-order chi connectivity index (χ1) is 11.9. The van der Waals surface area contributed by atoms with Crippen LogP contribution in [0, 0.1) is 4.77 Å². The minimum Gasteiger partial charge on any atom is -0.323 e.